The predicted octanol–water partition coefficient (Wildman–Crippen LogP) is 0.629. The molecule has 0 saturated carbocycles. The van der Waals surface area contributed by atoms with E-state index in [2.05, 4.69) is 0 Å². The lowest BCUT2D eigenvalue weighted by molar-refractivity contribution is -0.147. The number of hydrogen-bond donors (Lipinski definition) is 1. The summed E-state index contributed by atoms with van der Waals surface area (Å²) in [6, 6.07) is 0. The summed E-state index contributed by atoms with van der Waals surface area (Å²) in [4.78, 5) is 10.7. The summed E-state index contributed by atoms with van der Waals surface area (Å²) in [6.07, 6.45) is 3.79. The van der Waals surface area contributed by atoms with E-state index in [1.54, 1.807) is 13.0 Å². The summed E-state index contributed by atoms with van der Waals surface area (Å²) in [5.41, 5.74) is 0. The normalized spacial score (nSPS) is 26.4. The largest absolute Gasteiger partial charge is 0.458 e. The lowest BCUT2D eigenvalue weighted by Gasteiger charge is -2.18. The van der Waals surface area contributed by atoms with Crippen LogP contribution in [0, 0.1) is 0 Å². The molecule has 0 amide bonds. The first kappa shape index (κ1) is 8.27. The lowest BCUT2D eigenvalue weighted by Crippen LogP contribution is -2.23. The highest BCUT2D eigenvalue weighted by molar-refractivity contribution is 5.72. The van der Waals surface area contributed by atoms with Gasteiger partial charge < -0.3 is 9.84 Å². The van der Waals surface area contributed by atoms with Crippen LogP contribution in [0.15, 0.2) is 12.2 Å². The van der Waals surface area contributed by atoms with Crippen LogP contribution in [0.3, 0.4) is 0 Å². The molecule has 1 aliphatic heterocycles. The van der Waals surface area contributed by atoms with Crippen molar-refractivity contribution in [3.05, 3.63) is 12.2 Å². The average Bonchev–Trinajstić information content (AvgIpc) is 1.85. The third-order valence-electron chi connectivity index (χ3n) is 1.49. The minimum absolute atomic E-state index is 0.210. The van der Waals surface area contributed by atoms with Gasteiger partial charge in [-0.15, -0.1) is 0 Å². The zero-order valence-corrected chi connectivity index (χ0v) is 6.49. The van der Waals surface area contributed by atoms with E-state index in [1.165, 1.54) is 0 Å². The first-order valence-corrected chi connectivity index (χ1v) is 3.72. The summed E-state index contributed by atoms with van der Waals surface area (Å²) in [5.74, 6) is -0.210. The maximum atomic E-state index is 10.7. The van der Waals surface area contributed by atoms with E-state index >= 15 is 0 Å². The molecule has 0 saturated heterocycles. The number of rotatable bonds is 2. The molecule has 0 radical (unpaired) electrons. The highest BCUT2D eigenvalue weighted by Crippen LogP contribution is 2.11. The van der Waals surface area contributed by atoms with Crippen LogP contribution in [0.5, 0.6) is 0 Å². The molecule has 0 aromatic rings. The number of ether oxygens (including phenoxy) is 1. The molecular formula is C8H12O3. The topological polar surface area (TPSA) is 46.5 Å². The van der Waals surface area contributed by atoms with Crippen LogP contribution in [0.1, 0.15) is 19.8 Å². The molecule has 0 aliphatic carbocycles. The Hall–Kier alpha value is -0.830. The van der Waals surface area contributed by atoms with Crippen molar-refractivity contribution in [3.8, 4) is 0 Å². The third-order valence-corrected chi connectivity index (χ3v) is 1.49. The molecular weight excluding hydrogens is 144 g/mol. The number of carbonyl (C=O) groups excluding carboxylic acids is 1. The van der Waals surface area contributed by atoms with Crippen molar-refractivity contribution in [2.24, 2.45) is 0 Å². The Bertz CT molecular complexity index is 172. The molecule has 0 fully saturated rings. The number of carbonyl (C=O) groups is 1. The van der Waals surface area contributed by atoms with Crippen LogP contribution < -0.4 is 0 Å². The Morgan fingerprint density at radius 2 is 2.64 bits per heavy atom. The van der Waals surface area contributed by atoms with Crippen molar-refractivity contribution in [3.63, 3.8) is 0 Å². The number of hydrogen-bond acceptors (Lipinski definition) is 3. The molecule has 0 aromatic carbocycles. The second kappa shape index (κ2) is 3.53. The molecule has 1 N–H and O–H groups in total. The fourth-order valence-electron chi connectivity index (χ4n) is 1.04. The van der Waals surface area contributed by atoms with Crippen LogP contribution in [0.2, 0.25) is 0 Å². The Balaban J connectivity index is 2.40. The zero-order chi connectivity index (χ0) is 8.27. The van der Waals surface area contributed by atoms with E-state index in [0.29, 0.717) is 12.8 Å². The Labute approximate surface area is 65.7 Å². The fourth-order valence-corrected chi connectivity index (χ4v) is 1.04. The van der Waals surface area contributed by atoms with Gasteiger partial charge in [0.25, 0.3) is 0 Å². The standard InChI is InChI=1S/C8H12O3/c1-6(9)5-7-3-2-4-8(10)11-7/h2-3,6-7,9H,4-5H2,1H3. The Morgan fingerprint density at radius 3 is 3.18 bits per heavy atom. The molecule has 62 valence electrons. The van der Waals surface area contributed by atoms with E-state index in [4.69, 9.17) is 9.84 Å². The zero-order valence-electron chi connectivity index (χ0n) is 6.49. The predicted molar refractivity (Wildman–Crippen MR) is 39.9 cm³/mol. The third kappa shape index (κ3) is 2.72. The minimum Gasteiger partial charge on any atom is -0.458 e. The summed E-state index contributed by atoms with van der Waals surface area (Å²) >= 11 is 0. The highest BCUT2D eigenvalue weighted by atomic mass is 16.5. The van der Waals surface area contributed by atoms with E-state index in [9.17, 15) is 4.79 Å². The summed E-state index contributed by atoms with van der Waals surface area (Å²) in [7, 11) is 0. The van der Waals surface area contributed by atoms with Gasteiger partial charge in [-0.1, -0.05) is 6.08 Å². The van der Waals surface area contributed by atoms with Gasteiger partial charge in [-0.05, 0) is 13.0 Å². The van der Waals surface area contributed by atoms with Gasteiger partial charge in [0.2, 0.25) is 0 Å². The SMILES string of the molecule is CC(O)CC1C=CCC(=O)O1. The van der Waals surface area contributed by atoms with Crippen molar-refractivity contribution in [1.29, 1.82) is 0 Å². The average molecular weight is 156 g/mol. The van der Waals surface area contributed by atoms with Crippen molar-refractivity contribution in [2.75, 3.05) is 0 Å². The van der Waals surface area contributed by atoms with Crippen LogP contribution >= 0.6 is 0 Å². The van der Waals surface area contributed by atoms with Gasteiger partial charge in [0.15, 0.2) is 0 Å². The van der Waals surface area contributed by atoms with Gasteiger partial charge in [0.1, 0.15) is 6.10 Å². The van der Waals surface area contributed by atoms with E-state index < -0.39 is 6.10 Å². The maximum absolute atomic E-state index is 10.7. The monoisotopic (exact) mass is 156 g/mol. The molecule has 1 aliphatic rings. The molecule has 0 bridgehead atoms. The molecule has 0 spiro atoms. The number of cyclic esters (lactones) is 1. The van der Waals surface area contributed by atoms with Crippen molar-refractivity contribution in [1.82, 2.24) is 0 Å². The van der Waals surface area contributed by atoms with Crippen molar-refractivity contribution < 1.29 is 14.6 Å². The van der Waals surface area contributed by atoms with Crippen molar-refractivity contribution >= 4 is 5.97 Å². The molecule has 11 heavy (non-hydrogen) atoms. The number of aliphatic hydroxyl groups is 1. The molecule has 0 aromatic heterocycles. The fraction of sp³-hybridized carbons (Fsp3) is 0.625. The second-order valence-corrected chi connectivity index (χ2v) is 2.75. The molecule has 2 atom stereocenters. The molecule has 3 heteroatoms. The van der Waals surface area contributed by atoms with E-state index in [-0.39, 0.29) is 12.1 Å². The van der Waals surface area contributed by atoms with Crippen molar-refractivity contribution in [2.45, 2.75) is 32.0 Å². The van der Waals surface area contributed by atoms with E-state index in [0.717, 1.165) is 0 Å². The van der Waals surface area contributed by atoms with Gasteiger partial charge in [0.05, 0.1) is 12.5 Å². The Kier molecular flexibility index (Phi) is 2.65. The van der Waals surface area contributed by atoms with Gasteiger partial charge in [-0.25, -0.2) is 0 Å². The smallest absolute Gasteiger partial charge is 0.310 e. The van der Waals surface area contributed by atoms with E-state index in [1.807, 2.05) is 6.08 Å². The minimum atomic E-state index is -0.421. The van der Waals surface area contributed by atoms with Crippen LogP contribution in [0.25, 0.3) is 0 Å². The van der Waals surface area contributed by atoms with Gasteiger partial charge in [0, 0.05) is 6.42 Å². The van der Waals surface area contributed by atoms with Gasteiger partial charge in [-0.2, -0.15) is 0 Å². The Morgan fingerprint density at radius 1 is 1.91 bits per heavy atom. The molecule has 2 unspecified atom stereocenters. The van der Waals surface area contributed by atoms with Gasteiger partial charge >= 0.3 is 5.97 Å². The number of esters is 1. The molecule has 1 heterocycles. The number of aliphatic hydroxyl groups excluding tert-OH is 1. The molecule has 1 rings (SSSR count). The lowest BCUT2D eigenvalue weighted by atomic mass is 10.1. The first-order valence-electron chi connectivity index (χ1n) is 3.72. The summed E-state index contributed by atoms with van der Waals surface area (Å²) in [6.45, 7) is 1.68. The van der Waals surface area contributed by atoms with Crippen LogP contribution in [-0.4, -0.2) is 23.3 Å². The maximum Gasteiger partial charge on any atom is 0.310 e. The first-order chi connectivity index (χ1) is 5.18. The van der Waals surface area contributed by atoms with Crippen LogP contribution in [-0.2, 0) is 9.53 Å². The highest BCUT2D eigenvalue weighted by Gasteiger charge is 2.16. The van der Waals surface area contributed by atoms with Gasteiger partial charge in [-0.3, -0.25) is 4.79 Å². The second-order valence-electron chi connectivity index (χ2n) is 2.75. The summed E-state index contributed by atoms with van der Waals surface area (Å²) in [5, 5.41) is 8.97. The molecule has 3 nitrogen and oxygen atoms in total. The summed E-state index contributed by atoms with van der Waals surface area (Å²) < 4.78 is 4.91. The van der Waals surface area contributed by atoms with Crippen LogP contribution in [0.4, 0.5) is 0 Å². The quantitative estimate of drug-likeness (QED) is 0.471.